The molecule has 0 spiro atoms. The van der Waals surface area contributed by atoms with Gasteiger partial charge in [0.05, 0.1) is 7.11 Å². The minimum atomic E-state index is -0.913. The van der Waals surface area contributed by atoms with Crippen LogP contribution in [-0.2, 0) is 17.6 Å². The Morgan fingerprint density at radius 3 is 2.81 bits per heavy atom. The summed E-state index contributed by atoms with van der Waals surface area (Å²) in [6.45, 7) is 2.06. The van der Waals surface area contributed by atoms with Gasteiger partial charge in [0.1, 0.15) is 5.75 Å². The summed E-state index contributed by atoms with van der Waals surface area (Å²) >= 11 is 0. The van der Waals surface area contributed by atoms with Gasteiger partial charge in [0.2, 0.25) is 0 Å². The molecule has 1 rings (SSSR count). The maximum absolute atomic E-state index is 10.3. The van der Waals surface area contributed by atoms with Crippen LogP contribution in [0.5, 0.6) is 5.75 Å². The molecule has 1 aromatic carbocycles. The van der Waals surface area contributed by atoms with Crippen LogP contribution in [0.15, 0.2) is 30.4 Å². The number of carboxylic acids is 1. The molecule has 0 aliphatic heterocycles. The van der Waals surface area contributed by atoms with Crippen LogP contribution in [0.25, 0.3) is 0 Å². The van der Waals surface area contributed by atoms with E-state index in [9.17, 15) is 4.79 Å². The molecule has 1 aromatic rings. The number of hydrogen-bond acceptors (Lipinski definition) is 2. The quantitative estimate of drug-likeness (QED) is 0.775. The zero-order valence-corrected chi connectivity index (χ0v) is 9.56. The van der Waals surface area contributed by atoms with Crippen LogP contribution < -0.4 is 4.74 Å². The molecule has 0 amide bonds. The SMILES string of the molecule is CCc1cc(C/C=C/C(=O)O)ccc1OC. The minimum Gasteiger partial charge on any atom is -0.496 e. The van der Waals surface area contributed by atoms with Gasteiger partial charge in [-0.3, -0.25) is 0 Å². The maximum Gasteiger partial charge on any atom is 0.327 e. The number of ether oxygens (including phenoxy) is 1. The smallest absolute Gasteiger partial charge is 0.327 e. The summed E-state index contributed by atoms with van der Waals surface area (Å²) < 4.78 is 5.22. The number of carbonyl (C=O) groups is 1. The molecular weight excluding hydrogens is 204 g/mol. The van der Waals surface area contributed by atoms with Crippen LogP contribution >= 0.6 is 0 Å². The molecule has 0 radical (unpaired) electrons. The largest absolute Gasteiger partial charge is 0.496 e. The van der Waals surface area contributed by atoms with Crippen LogP contribution in [0.4, 0.5) is 0 Å². The van der Waals surface area contributed by atoms with Gasteiger partial charge in [-0.2, -0.15) is 0 Å². The summed E-state index contributed by atoms with van der Waals surface area (Å²) in [5, 5.41) is 8.47. The van der Waals surface area contributed by atoms with Crippen LogP contribution in [0, 0.1) is 0 Å². The first-order valence-electron chi connectivity index (χ1n) is 5.22. The summed E-state index contributed by atoms with van der Waals surface area (Å²) in [6, 6.07) is 5.91. The van der Waals surface area contributed by atoms with Crippen LogP contribution in [0.3, 0.4) is 0 Å². The van der Waals surface area contributed by atoms with E-state index in [1.807, 2.05) is 18.2 Å². The molecule has 86 valence electrons. The second-order valence-electron chi connectivity index (χ2n) is 3.44. The van der Waals surface area contributed by atoms with E-state index in [0.29, 0.717) is 6.42 Å². The highest BCUT2D eigenvalue weighted by molar-refractivity contribution is 5.79. The van der Waals surface area contributed by atoms with Gasteiger partial charge in [0.25, 0.3) is 0 Å². The fourth-order valence-electron chi connectivity index (χ4n) is 1.53. The molecule has 3 heteroatoms. The zero-order chi connectivity index (χ0) is 12.0. The van der Waals surface area contributed by atoms with Crippen molar-refractivity contribution in [2.75, 3.05) is 7.11 Å². The number of methoxy groups -OCH3 is 1. The molecule has 0 saturated heterocycles. The summed E-state index contributed by atoms with van der Waals surface area (Å²) in [5.41, 5.74) is 2.24. The van der Waals surface area contributed by atoms with E-state index in [1.54, 1.807) is 13.2 Å². The van der Waals surface area contributed by atoms with E-state index < -0.39 is 5.97 Å². The van der Waals surface area contributed by atoms with Gasteiger partial charge in [0, 0.05) is 6.08 Å². The minimum absolute atomic E-state index is 0.628. The summed E-state index contributed by atoms with van der Waals surface area (Å²) in [6.07, 6.45) is 4.34. The highest BCUT2D eigenvalue weighted by Gasteiger charge is 2.01. The number of aryl methyl sites for hydroxylation is 1. The van der Waals surface area contributed by atoms with Crippen molar-refractivity contribution in [3.63, 3.8) is 0 Å². The number of allylic oxidation sites excluding steroid dienone is 1. The Bertz CT molecular complexity index is 394. The van der Waals surface area contributed by atoms with E-state index in [-0.39, 0.29) is 0 Å². The number of aliphatic carboxylic acids is 1. The normalized spacial score (nSPS) is 10.6. The first-order chi connectivity index (χ1) is 7.67. The molecule has 3 nitrogen and oxygen atoms in total. The lowest BCUT2D eigenvalue weighted by atomic mass is 10.1. The van der Waals surface area contributed by atoms with E-state index in [4.69, 9.17) is 9.84 Å². The standard InChI is InChI=1S/C13H16O3/c1-3-11-9-10(5-4-6-13(14)15)7-8-12(11)16-2/h4,6-9H,3,5H2,1-2H3,(H,14,15)/b6-4+. The van der Waals surface area contributed by atoms with Crippen LogP contribution in [0.2, 0.25) is 0 Å². The predicted molar refractivity (Wildman–Crippen MR) is 62.9 cm³/mol. The lowest BCUT2D eigenvalue weighted by molar-refractivity contribution is -0.131. The Morgan fingerprint density at radius 1 is 1.50 bits per heavy atom. The molecule has 0 aliphatic rings. The van der Waals surface area contributed by atoms with E-state index in [1.165, 1.54) is 0 Å². The molecule has 0 fully saturated rings. The third kappa shape index (κ3) is 3.42. The first kappa shape index (κ1) is 12.3. The molecule has 0 heterocycles. The van der Waals surface area contributed by atoms with Gasteiger partial charge in [0.15, 0.2) is 0 Å². The predicted octanol–water partition coefficient (Wildman–Crippen LogP) is 2.44. The Kier molecular flexibility index (Phi) is 4.58. The lowest BCUT2D eigenvalue weighted by Gasteiger charge is -2.07. The van der Waals surface area contributed by atoms with Crippen molar-refractivity contribution >= 4 is 5.97 Å². The average molecular weight is 220 g/mol. The van der Waals surface area contributed by atoms with Gasteiger partial charge in [-0.15, -0.1) is 0 Å². The summed E-state index contributed by atoms with van der Waals surface area (Å²) in [4.78, 5) is 10.3. The molecule has 16 heavy (non-hydrogen) atoms. The Morgan fingerprint density at radius 2 is 2.25 bits per heavy atom. The third-order valence-corrected chi connectivity index (χ3v) is 2.34. The third-order valence-electron chi connectivity index (χ3n) is 2.34. The summed E-state index contributed by atoms with van der Waals surface area (Å²) in [7, 11) is 1.65. The Labute approximate surface area is 95.4 Å². The average Bonchev–Trinajstić information content (AvgIpc) is 2.28. The van der Waals surface area contributed by atoms with E-state index in [0.717, 1.165) is 29.4 Å². The Hall–Kier alpha value is -1.77. The summed E-state index contributed by atoms with van der Waals surface area (Å²) in [5.74, 6) is -0.0299. The highest BCUT2D eigenvalue weighted by Crippen LogP contribution is 2.20. The fraction of sp³-hybridized carbons (Fsp3) is 0.308. The second-order valence-corrected chi connectivity index (χ2v) is 3.44. The van der Waals surface area contributed by atoms with Crippen molar-refractivity contribution < 1.29 is 14.6 Å². The molecule has 0 saturated carbocycles. The van der Waals surface area contributed by atoms with Crippen molar-refractivity contribution in [1.29, 1.82) is 0 Å². The molecule has 0 aromatic heterocycles. The van der Waals surface area contributed by atoms with Crippen LogP contribution in [-0.4, -0.2) is 18.2 Å². The molecular formula is C13H16O3. The topological polar surface area (TPSA) is 46.5 Å². The van der Waals surface area contributed by atoms with Gasteiger partial charge in [-0.05, 0) is 30.0 Å². The molecule has 0 aliphatic carbocycles. The first-order valence-corrected chi connectivity index (χ1v) is 5.22. The van der Waals surface area contributed by atoms with Crippen molar-refractivity contribution in [2.45, 2.75) is 19.8 Å². The van der Waals surface area contributed by atoms with Gasteiger partial charge in [-0.1, -0.05) is 25.1 Å². The van der Waals surface area contributed by atoms with E-state index >= 15 is 0 Å². The lowest BCUT2D eigenvalue weighted by Crippen LogP contribution is -1.93. The monoisotopic (exact) mass is 220 g/mol. The van der Waals surface area contributed by atoms with Crippen LogP contribution in [0.1, 0.15) is 18.1 Å². The zero-order valence-electron chi connectivity index (χ0n) is 9.56. The van der Waals surface area contributed by atoms with Gasteiger partial charge >= 0.3 is 5.97 Å². The number of hydrogen-bond donors (Lipinski definition) is 1. The molecule has 0 atom stereocenters. The van der Waals surface area contributed by atoms with Gasteiger partial charge < -0.3 is 9.84 Å². The van der Waals surface area contributed by atoms with Crippen molar-refractivity contribution in [3.05, 3.63) is 41.5 Å². The molecule has 0 bridgehead atoms. The number of benzene rings is 1. The Balaban J connectivity index is 2.79. The van der Waals surface area contributed by atoms with E-state index in [2.05, 4.69) is 6.92 Å². The number of rotatable bonds is 5. The maximum atomic E-state index is 10.3. The highest BCUT2D eigenvalue weighted by atomic mass is 16.5. The van der Waals surface area contributed by atoms with Gasteiger partial charge in [-0.25, -0.2) is 4.79 Å². The van der Waals surface area contributed by atoms with Crippen molar-refractivity contribution in [3.8, 4) is 5.75 Å². The fourth-order valence-corrected chi connectivity index (χ4v) is 1.53. The van der Waals surface area contributed by atoms with Crippen molar-refractivity contribution in [1.82, 2.24) is 0 Å². The van der Waals surface area contributed by atoms with Crippen molar-refractivity contribution in [2.24, 2.45) is 0 Å². The second kappa shape index (κ2) is 5.95. The molecule has 0 unspecified atom stereocenters. The molecule has 1 N–H and O–H groups in total. The number of carboxylic acid groups (broad SMARTS) is 1.